The fourth-order valence-electron chi connectivity index (χ4n) is 2.61. The van der Waals surface area contributed by atoms with E-state index in [9.17, 15) is 4.79 Å². The van der Waals surface area contributed by atoms with Gasteiger partial charge < -0.3 is 4.74 Å². The molecule has 0 amide bonds. The molecule has 1 aromatic carbocycles. The van der Waals surface area contributed by atoms with E-state index in [2.05, 4.69) is 53.7 Å². The minimum Gasteiger partial charge on any atom is -0.453 e. The Balaban J connectivity index is 2.37. The van der Waals surface area contributed by atoms with E-state index in [1.54, 1.807) is 0 Å². The lowest BCUT2D eigenvalue weighted by Gasteiger charge is -2.26. The highest BCUT2D eigenvalue weighted by atomic mass is 16.5. The van der Waals surface area contributed by atoms with Gasteiger partial charge in [0.2, 0.25) is 0 Å². The van der Waals surface area contributed by atoms with E-state index in [4.69, 9.17) is 4.74 Å². The summed E-state index contributed by atoms with van der Waals surface area (Å²) in [5, 5.41) is 0. The molecule has 0 radical (unpaired) electrons. The molecule has 1 unspecified atom stereocenters. The number of cyclic esters (lactones) is 1. The van der Waals surface area contributed by atoms with Gasteiger partial charge in [-0.15, -0.1) is 0 Å². The maximum atomic E-state index is 12.0. The van der Waals surface area contributed by atoms with Crippen molar-refractivity contribution in [2.24, 2.45) is 10.8 Å². The van der Waals surface area contributed by atoms with Crippen LogP contribution in [0, 0.1) is 10.8 Å². The second-order valence-electron chi connectivity index (χ2n) is 7.81. The molecule has 2 heteroatoms. The fourth-order valence-corrected chi connectivity index (χ4v) is 2.61. The highest BCUT2D eigenvalue weighted by molar-refractivity contribution is 5.94. The van der Waals surface area contributed by atoms with Crippen LogP contribution >= 0.6 is 0 Å². The normalized spacial score (nSPS) is 19.3. The number of ether oxygens (including phenoxy) is 1. The lowest BCUT2D eigenvalue weighted by molar-refractivity contribution is 0.00778. The Morgan fingerprint density at radius 3 is 2.26 bits per heavy atom. The van der Waals surface area contributed by atoms with Crippen LogP contribution in [0.5, 0.6) is 0 Å². The molecule has 0 N–H and O–H groups in total. The van der Waals surface area contributed by atoms with Gasteiger partial charge >= 0.3 is 5.97 Å². The molecule has 0 aliphatic carbocycles. The molecule has 0 saturated heterocycles. The Morgan fingerprint density at radius 1 is 1.11 bits per heavy atom. The smallest absolute Gasteiger partial charge is 0.339 e. The van der Waals surface area contributed by atoms with Gasteiger partial charge in [-0.3, -0.25) is 0 Å². The van der Waals surface area contributed by atoms with Crippen molar-refractivity contribution < 1.29 is 9.53 Å². The molecule has 0 fully saturated rings. The third-order valence-corrected chi connectivity index (χ3v) is 3.37. The molecule has 1 atom stereocenters. The Bertz CT molecular complexity index is 501. The fraction of sp³-hybridized carbons (Fsp3) is 0.588. The topological polar surface area (TPSA) is 26.3 Å². The van der Waals surface area contributed by atoms with Crippen LogP contribution in [0.1, 0.15) is 69.1 Å². The van der Waals surface area contributed by atoms with Gasteiger partial charge in [-0.1, -0.05) is 53.7 Å². The summed E-state index contributed by atoms with van der Waals surface area (Å²) in [6.45, 7) is 12.9. The van der Waals surface area contributed by atoms with E-state index in [-0.39, 0.29) is 22.9 Å². The second kappa shape index (κ2) is 4.36. The number of carbonyl (C=O) groups is 1. The molecule has 1 aliphatic heterocycles. The highest BCUT2D eigenvalue weighted by Crippen LogP contribution is 2.43. The van der Waals surface area contributed by atoms with Crippen LogP contribution in [0.4, 0.5) is 0 Å². The minimum absolute atomic E-state index is 0.0630. The van der Waals surface area contributed by atoms with Gasteiger partial charge in [-0.25, -0.2) is 4.79 Å². The van der Waals surface area contributed by atoms with Crippen molar-refractivity contribution >= 4 is 5.97 Å². The van der Waals surface area contributed by atoms with Crippen molar-refractivity contribution in [1.82, 2.24) is 0 Å². The number of benzene rings is 1. The SMILES string of the molecule is CC(C)(C)Cc1ccc2c(c1)C(=O)OC2C(C)(C)C. The first-order valence-electron chi connectivity index (χ1n) is 6.92. The van der Waals surface area contributed by atoms with Crippen LogP contribution < -0.4 is 0 Å². The van der Waals surface area contributed by atoms with Gasteiger partial charge in [-0.2, -0.15) is 0 Å². The first-order chi connectivity index (χ1) is 8.58. The van der Waals surface area contributed by atoms with E-state index in [1.165, 1.54) is 5.56 Å². The van der Waals surface area contributed by atoms with Crippen molar-refractivity contribution in [3.05, 3.63) is 34.9 Å². The molecule has 0 spiro atoms. The van der Waals surface area contributed by atoms with Crippen molar-refractivity contribution in [2.75, 3.05) is 0 Å². The van der Waals surface area contributed by atoms with Gasteiger partial charge in [-0.05, 0) is 23.5 Å². The highest BCUT2D eigenvalue weighted by Gasteiger charge is 2.38. The molecule has 1 heterocycles. The summed E-state index contributed by atoms with van der Waals surface area (Å²) < 4.78 is 5.54. The zero-order valence-electron chi connectivity index (χ0n) is 12.8. The van der Waals surface area contributed by atoms with E-state index in [0.717, 1.165) is 17.5 Å². The first kappa shape index (κ1) is 14.1. The minimum atomic E-state index is -0.175. The maximum Gasteiger partial charge on any atom is 0.339 e. The summed E-state index contributed by atoms with van der Waals surface area (Å²) in [7, 11) is 0. The number of fused-ring (bicyclic) bond motifs is 1. The average Bonchev–Trinajstić information content (AvgIpc) is 2.53. The monoisotopic (exact) mass is 260 g/mol. The summed E-state index contributed by atoms with van der Waals surface area (Å²) in [5.74, 6) is -0.175. The van der Waals surface area contributed by atoms with Crippen molar-refractivity contribution in [3.63, 3.8) is 0 Å². The molecular formula is C17H24O2. The zero-order valence-corrected chi connectivity index (χ0v) is 12.8. The van der Waals surface area contributed by atoms with Crippen molar-refractivity contribution in [2.45, 2.75) is 54.1 Å². The van der Waals surface area contributed by atoms with Gasteiger partial charge in [0.05, 0.1) is 5.56 Å². The summed E-state index contributed by atoms with van der Waals surface area (Å²) in [4.78, 5) is 12.0. The first-order valence-corrected chi connectivity index (χ1v) is 6.92. The molecule has 0 aromatic heterocycles. The number of esters is 1. The van der Waals surface area contributed by atoms with Crippen LogP contribution in [0.2, 0.25) is 0 Å². The van der Waals surface area contributed by atoms with Gasteiger partial charge in [0.15, 0.2) is 0 Å². The van der Waals surface area contributed by atoms with Crippen LogP contribution in [0.25, 0.3) is 0 Å². The van der Waals surface area contributed by atoms with E-state index < -0.39 is 0 Å². The molecular weight excluding hydrogens is 236 g/mol. The lowest BCUT2D eigenvalue weighted by atomic mass is 9.82. The summed E-state index contributed by atoms with van der Waals surface area (Å²) in [6.07, 6.45) is 0.840. The Labute approximate surface area is 116 Å². The third-order valence-electron chi connectivity index (χ3n) is 3.37. The zero-order chi connectivity index (χ0) is 14.4. The quantitative estimate of drug-likeness (QED) is 0.693. The van der Waals surface area contributed by atoms with Crippen molar-refractivity contribution in [1.29, 1.82) is 0 Å². The Hall–Kier alpha value is -1.31. The standard InChI is InChI=1S/C17H24O2/c1-16(2,3)10-11-7-8-12-13(9-11)15(18)19-14(12)17(4,5)6/h7-9,14H,10H2,1-6H3. The molecule has 2 nitrogen and oxygen atoms in total. The van der Waals surface area contributed by atoms with Crippen LogP contribution in [-0.4, -0.2) is 5.97 Å². The molecule has 2 rings (SSSR count). The number of carbonyl (C=O) groups excluding carboxylic acids is 1. The van der Waals surface area contributed by atoms with E-state index in [1.807, 2.05) is 6.07 Å². The van der Waals surface area contributed by atoms with E-state index in [0.29, 0.717) is 0 Å². The summed E-state index contributed by atoms with van der Waals surface area (Å²) in [6, 6.07) is 6.21. The van der Waals surface area contributed by atoms with E-state index >= 15 is 0 Å². The summed E-state index contributed by atoms with van der Waals surface area (Å²) in [5.41, 5.74) is 3.15. The second-order valence-corrected chi connectivity index (χ2v) is 7.81. The van der Waals surface area contributed by atoms with Gasteiger partial charge in [0.1, 0.15) is 6.10 Å². The van der Waals surface area contributed by atoms with Crippen LogP contribution in [-0.2, 0) is 11.2 Å². The van der Waals surface area contributed by atoms with Crippen molar-refractivity contribution in [3.8, 4) is 0 Å². The molecule has 1 aromatic rings. The average molecular weight is 260 g/mol. The molecule has 0 bridgehead atoms. The lowest BCUT2D eigenvalue weighted by Crippen LogP contribution is -2.18. The van der Waals surface area contributed by atoms with Crippen LogP contribution in [0.3, 0.4) is 0 Å². The molecule has 19 heavy (non-hydrogen) atoms. The number of rotatable bonds is 1. The third kappa shape index (κ3) is 2.99. The summed E-state index contributed by atoms with van der Waals surface area (Å²) >= 11 is 0. The van der Waals surface area contributed by atoms with Gasteiger partial charge in [0, 0.05) is 11.0 Å². The Morgan fingerprint density at radius 2 is 1.74 bits per heavy atom. The molecule has 1 aliphatic rings. The molecule has 104 valence electrons. The van der Waals surface area contributed by atoms with Crippen LogP contribution in [0.15, 0.2) is 18.2 Å². The predicted octanol–water partition coefficient (Wildman–Crippen LogP) is 4.53. The predicted molar refractivity (Wildman–Crippen MR) is 77.2 cm³/mol. The number of hydrogen-bond acceptors (Lipinski definition) is 2. The Kier molecular flexibility index (Phi) is 3.24. The maximum absolute atomic E-state index is 12.0. The van der Waals surface area contributed by atoms with Gasteiger partial charge in [0.25, 0.3) is 0 Å². The molecule has 0 saturated carbocycles. The largest absolute Gasteiger partial charge is 0.453 e. The number of hydrogen-bond donors (Lipinski definition) is 0.